The van der Waals surface area contributed by atoms with E-state index < -0.39 is 0 Å². The van der Waals surface area contributed by atoms with Gasteiger partial charge in [-0.05, 0) is 42.5 Å². The third-order valence-corrected chi connectivity index (χ3v) is 3.59. The van der Waals surface area contributed by atoms with Gasteiger partial charge in [0.2, 0.25) is 0 Å². The van der Waals surface area contributed by atoms with Crippen molar-refractivity contribution in [2.75, 3.05) is 12.4 Å². The summed E-state index contributed by atoms with van der Waals surface area (Å²) in [4.78, 5) is 1.14. The lowest BCUT2D eigenvalue weighted by molar-refractivity contribution is 0.344. The van der Waals surface area contributed by atoms with Crippen LogP contribution < -0.4 is 4.74 Å². The van der Waals surface area contributed by atoms with Gasteiger partial charge in [-0.15, -0.1) is 11.8 Å². The van der Waals surface area contributed by atoms with Crippen molar-refractivity contribution in [2.24, 2.45) is 0 Å². The second-order valence-electron chi connectivity index (χ2n) is 3.79. The molecule has 0 atom stereocenters. The predicted molar refractivity (Wildman–Crippen MR) is 78.8 cm³/mol. The van der Waals surface area contributed by atoms with Crippen molar-refractivity contribution in [2.45, 2.75) is 4.90 Å². The van der Waals surface area contributed by atoms with E-state index in [-0.39, 0.29) is 0 Å². The number of nitrogens with zero attached hydrogens (tertiary/aromatic N) is 1. The molecular formula is C15H12ClNOS. The monoisotopic (exact) mass is 289 g/mol. The van der Waals surface area contributed by atoms with Gasteiger partial charge in [0.15, 0.2) is 0 Å². The Balaban J connectivity index is 1.76. The van der Waals surface area contributed by atoms with Gasteiger partial charge in [0, 0.05) is 15.7 Å². The Kier molecular flexibility index (Phi) is 5.14. The van der Waals surface area contributed by atoms with Gasteiger partial charge in [-0.3, -0.25) is 0 Å². The number of thioether (sulfide) groups is 1. The minimum Gasteiger partial charge on any atom is -0.493 e. The van der Waals surface area contributed by atoms with Crippen molar-refractivity contribution in [1.29, 1.82) is 5.26 Å². The number of benzene rings is 2. The third kappa shape index (κ3) is 4.51. The zero-order chi connectivity index (χ0) is 13.5. The molecule has 2 aromatic carbocycles. The van der Waals surface area contributed by atoms with Gasteiger partial charge >= 0.3 is 0 Å². The third-order valence-electron chi connectivity index (χ3n) is 2.40. The van der Waals surface area contributed by atoms with Crippen LogP contribution >= 0.6 is 23.4 Å². The standard InChI is InChI=1S/C15H12ClNOS/c16-13-2-1-3-15(10-13)19-9-8-18-14-6-4-12(11-17)5-7-14/h1-7,10H,8-9H2. The Morgan fingerprint density at radius 2 is 1.95 bits per heavy atom. The molecule has 0 unspecified atom stereocenters. The van der Waals surface area contributed by atoms with Crippen molar-refractivity contribution >= 4 is 23.4 Å². The van der Waals surface area contributed by atoms with Crippen molar-refractivity contribution < 1.29 is 4.74 Å². The smallest absolute Gasteiger partial charge is 0.119 e. The molecule has 2 aromatic rings. The first-order valence-corrected chi connectivity index (χ1v) is 7.15. The molecule has 96 valence electrons. The lowest BCUT2D eigenvalue weighted by Gasteiger charge is -2.06. The van der Waals surface area contributed by atoms with E-state index in [2.05, 4.69) is 6.07 Å². The number of hydrogen-bond acceptors (Lipinski definition) is 3. The van der Waals surface area contributed by atoms with Crippen LogP contribution in [0.25, 0.3) is 0 Å². The molecule has 4 heteroatoms. The van der Waals surface area contributed by atoms with Crippen LogP contribution in [0.2, 0.25) is 5.02 Å². The summed E-state index contributed by atoms with van der Waals surface area (Å²) in [6.07, 6.45) is 0. The van der Waals surface area contributed by atoms with Crippen LogP contribution in [-0.4, -0.2) is 12.4 Å². The Morgan fingerprint density at radius 3 is 2.63 bits per heavy atom. The average molecular weight is 290 g/mol. The van der Waals surface area contributed by atoms with Crippen molar-refractivity contribution in [3.05, 3.63) is 59.1 Å². The maximum Gasteiger partial charge on any atom is 0.119 e. The first-order chi connectivity index (χ1) is 9.28. The van der Waals surface area contributed by atoms with Crippen LogP contribution in [0, 0.1) is 11.3 Å². The maximum atomic E-state index is 8.69. The Hall–Kier alpha value is -1.63. The molecule has 0 aliphatic carbocycles. The highest BCUT2D eigenvalue weighted by atomic mass is 35.5. The molecule has 19 heavy (non-hydrogen) atoms. The van der Waals surface area contributed by atoms with Crippen molar-refractivity contribution in [3.63, 3.8) is 0 Å². The molecule has 0 saturated heterocycles. The summed E-state index contributed by atoms with van der Waals surface area (Å²) in [5.74, 6) is 1.63. The molecular weight excluding hydrogens is 278 g/mol. The molecule has 2 rings (SSSR count). The van der Waals surface area contributed by atoms with E-state index in [1.807, 2.05) is 36.4 Å². The number of rotatable bonds is 5. The van der Waals surface area contributed by atoms with E-state index in [1.54, 1.807) is 23.9 Å². The molecule has 0 saturated carbocycles. The first kappa shape index (κ1) is 13.8. The lowest BCUT2D eigenvalue weighted by Crippen LogP contribution is -1.99. The zero-order valence-corrected chi connectivity index (χ0v) is 11.7. The molecule has 2 nitrogen and oxygen atoms in total. The van der Waals surface area contributed by atoms with Crippen LogP contribution in [0.15, 0.2) is 53.4 Å². The van der Waals surface area contributed by atoms with Gasteiger partial charge in [0.05, 0.1) is 18.2 Å². The topological polar surface area (TPSA) is 33.0 Å². The molecule has 0 radical (unpaired) electrons. The molecule has 0 heterocycles. The summed E-state index contributed by atoms with van der Waals surface area (Å²) in [6.45, 7) is 0.614. The first-order valence-electron chi connectivity index (χ1n) is 5.79. The average Bonchev–Trinajstić information content (AvgIpc) is 2.44. The number of nitriles is 1. The highest BCUT2D eigenvalue weighted by Crippen LogP contribution is 2.21. The summed E-state index contributed by atoms with van der Waals surface area (Å²) < 4.78 is 5.59. The molecule has 0 amide bonds. The summed E-state index contributed by atoms with van der Waals surface area (Å²) in [5, 5.41) is 9.43. The van der Waals surface area contributed by atoms with E-state index in [1.165, 1.54) is 0 Å². The van der Waals surface area contributed by atoms with Crippen molar-refractivity contribution in [3.8, 4) is 11.8 Å². The molecule has 0 aliphatic rings. The van der Waals surface area contributed by atoms with E-state index >= 15 is 0 Å². The van der Waals surface area contributed by atoms with E-state index in [4.69, 9.17) is 21.6 Å². The number of ether oxygens (including phenoxy) is 1. The van der Waals surface area contributed by atoms with Gasteiger partial charge < -0.3 is 4.74 Å². The van der Waals surface area contributed by atoms with Crippen LogP contribution in [0.3, 0.4) is 0 Å². The molecule has 0 aromatic heterocycles. The summed E-state index contributed by atoms with van der Waals surface area (Å²) >= 11 is 7.61. The Bertz CT molecular complexity index is 577. The second-order valence-corrected chi connectivity index (χ2v) is 5.40. The largest absolute Gasteiger partial charge is 0.493 e. The minimum absolute atomic E-state index is 0.614. The van der Waals surface area contributed by atoms with Gasteiger partial charge in [-0.1, -0.05) is 17.7 Å². The van der Waals surface area contributed by atoms with Gasteiger partial charge in [0.1, 0.15) is 5.75 Å². The van der Waals surface area contributed by atoms with Gasteiger partial charge in [0.25, 0.3) is 0 Å². The van der Waals surface area contributed by atoms with Gasteiger partial charge in [-0.2, -0.15) is 5.26 Å². The molecule has 0 bridgehead atoms. The molecule has 0 fully saturated rings. The summed E-state index contributed by atoms with van der Waals surface area (Å²) in [5.41, 5.74) is 0.639. The normalized spacial score (nSPS) is 9.89. The molecule has 0 aliphatic heterocycles. The summed E-state index contributed by atoms with van der Waals surface area (Å²) in [6, 6.07) is 17.0. The van der Waals surface area contributed by atoms with Crippen molar-refractivity contribution in [1.82, 2.24) is 0 Å². The van der Waals surface area contributed by atoms with Crippen LogP contribution in [-0.2, 0) is 0 Å². The van der Waals surface area contributed by atoms with E-state index in [0.717, 1.165) is 21.4 Å². The second kappa shape index (κ2) is 7.08. The highest BCUT2D eigenvalue weighted by Gasteiger charge is 1.97. The fraction of sp³-hybridized carbons (Fsp3) is 0.133. The van der Waals surface area contributed by atoms with Crippen LogP contribution in [0.4, 0.5) is 0 Å². The lowest BCUT2D eigenvalue weighted by atomic mass is 10.2. The summed E-state index contributed by atoms with van der Waals surface area (Å²) in [7, 11) is 0. The van der Waals surface area contributed by atoms with Gasteiger partial charge in [-0.25, -0.2) is 0 Å². The number of hydrogen-bond donors (Lipinski definition) is 0. The fourth-order valence-corrected chi connectivity index (χ4v) is 2.54. The Labute approximate surface area is 122 Å². The van der Waals surface area contributed by atoms with Crippen LogP contribution in [0.1, 0.15) is 5.56 Å². The SMILES string of the molecule is N#Cc1ccc(OCCSc2cccc(Cl)c2)cc1. The zero-order valence-electron chi connectivity index (χ0n) is 10.2. The number of halogens is 1. The molecule has 0 spiro atoms. The fourth-order valence-electron chi connectivity index (χ4n) is 1.50. The minimum atomic E-state index is 0.614. The predicted octanol–water partition coefficient (Wildman–Crippen LogP) is 4.38. The van der Waals surface area contributed by atoms with E-state index in [0.29, 0.717) is 12.2 Å². The maximum absolute atomic E-state index is 8.69. The Morgan fingerprint density at radius 1 is 1.16 bits per heavy atom. The van der Waals surface area contributed by atoms with Crippen LogP contribution in [0.5, 0.6) is 5.75 Å². The molecule has 0 N–H and O–H groups in total. The highest BCUT2D eigenvalue weighted by molar-refractivity contribution is 7.99. The van der Waals surface area contributed by atoms with E-state index in [9.17, 15) is 0 Å². The quantitative estimate of drug-likeness (QED) is 0.605.